The molecule has 0 saturated carbocycles. The third-order valence-electron chi connectivity index (χ3n) is 4.76. The maximum atomic E-state index is 6.28. The van der Waals surface area contributed by atoms with Crippen molar-refractivity contribution in [1.29, 1.82) is 0 Å². The van der Waals surface area contributed by atoms with Gasteiger partial charge in [0.2, 0.25) is 0 Å². The lowest BCUT2D eigenvalue weighted by molar-refractivity contribution is 0.480. The molecule has 0 aliphatic carbocycles. The summed E-state index contributed by atoms with van der Waals surface area (Å²) in [6.07, 6.45) is 4.12. The van der Waals surface area contributed by atoms with Crippen LogP contribution in [0.15, 0.2) is 72.8 Å². The Labute approximate surface area is 163 Å². The van der Waals surface area contributed by atoms with Crippen LogP contribution in [0.5, 0.6) is 11.5 Å². The number of allylic oxidation sites excluding steroid dienone is 1. The molecular formula is C26H28O. The monoisotopic (exact) mass is 356 g/mol. The molecular weight excluding hydrogens is 328 g/mol. The summed E-state index contributed by atoms with van der Waals surface area (Å²) in [4.78, 5) is 0. The van der Waals surface area contributed by atoms with Crippen molar-refractivity contribution < 1.29 is 4.74 Å². The van der Waals surface area contributed by atoms with E-state index in [1.807, 2.05) is 13.0 Å². The van der Waals surface area contributed by atoms with Crippen molar-refractivity contribution in [1.82, 2.24) is 0 Å². The number of ether oxygens (including phenoxy) is 1. The predicted molar refractivity (Wildman–Crippen MR) is 117 cm³/mol. The van der Waals surface area contributed by atoms with Crippen molar-refractivity contribution in [2.75, 3.05) is 0 Å². The third-order valence-corrected chi connectivity index (χ3v) is 4.76. The molecule has 0 atom stereocenters. The van der Waals surface area contributed by atoms with Gasteiger partial charge in [-0.3, -0.25) is 0 Å². The maximum Gasteiger partial charge on any atom is 0.135 e. The van der Waals surface area contributed by atoms with E-state index in [2.05, 4.69) is 101 Å². The zero-order chi connectivity index (χ0) is 19.4. The minimum Gasteiger partial charge on any atom is -0.457 e. The van der Waals surface area contributed by atoms with Crippen LogP contribution in [-0.2, 0) is 5.41 Å². The van der Waals surface area contributed by atoms with Gasteiger partial charge in [0.25, 0.3) is 0 Å². The zero-order valence-corrected chi connectivity index (χ0v) is 16.9. The first kappa shape index (κ1) is 19.0. The molecule has 0 spiro atoms. The van der Waals surface area contributed by atoms with E-state index in [4.69, 9.17) is 4.74 Å². The summed E-state index contributed by atoms with van der Waals surface area (Å²) in [5, 5.41) is 0. The predicted octanol–water partition coefficient (Wildman–Crippen LogP) is 7.78. The van der Waals surface area contributed by atoms with E-state index in [-0.39, 0.29) is 5.41 Å². The third kappa shape index (κ3) is 4.49. The van der Waals surface area contributed by atoms with Crippen LogP contribution < -0.4 is 4.74 Å². The van der Waals surface area contributed by atoms with Crippen molar-refractivity contribution >= 4 is 6.08 Å². The fourth-order valence-electron chi connectivity index (χ4n) is 3.15. The lowest BCUT2D eigenvalue weighted by Crippen LogP contribution is -2.10. The van der Waals surface area contributed by atoms with Crippen LogP contribution >= 0.6 is 0 Å². The first-order chi connectivity index (χ1) is 12.9. The normalized spacial score (nSPS) is 11.7. The Hall–Kier alpha value is -2.80. The Balaban J connectivity index is 1.98. The topological polar surface area (TPSA) is 9.23 Å². The molecule has 0 amide bonds. The van der Waals surface area contributed by atoms with Gasteiger partial charge in [0, 0.05) is 5.56 Å². The quantitative estimate of drug-likeness (QED) is 0.463. The summed E-state index contributed by atoms with van der Waals surface area (Å²) >= 11 is 0. The summed E-state index contributed by atoms with van der Waals surface area (Å²) in [6, 6.07) is 23.3. The molecule has 27 heavy (non-hydrogen) atoms. The van der Waals surface area contributed by atoms with Gasteiger partial charge in [0.05, 0.1) is 0 Å². The van der Waals surface area contributed by atoms with Crippen molar-refractivity contribution in [3.8, 4) is 22.6 Å². The highest BCUT2D eigenvalue weighted by Gasteiger charge is 2.13. The zero-order valence-electron chi connectivity index (χ0n) is 16.9. The molecule has 3 aromatic carbocycles. The fraction of sp³-hybridized carbons (Fsp3) is 0.231. The standard InChI is InChI=1S/C26H28O/c1-6-9-20-12-13-21(24-11-8-7-10-19(24)2)18-25(20)27-23-16-14-22(15-17-23)26(3,4)5/h6-18H,1-5H3/b9-6+. The summed E-state index contributed by atoms with van der Waals surface area (Å²) in [5.74, 6) is 1.73. The number of hydrogen-bond donors (Lipinski definition) is 0. The van der Waals surface area contributed by atoms with E-state index in [9.17, 15) is 0 Å². The van der Waals surface area contributed by atoms with Crippen LogP contribution in [0.25, 0.3) is 17.2 Å². The van der Waals surface area contributed by atoms with Crippen LogP contribution in [0.3, 0.4) is 0 Å². The van der Waals surface area contributed by atoms with Gasteiger partial charge < -0.3 is 4.74 Å². The minimum absolute atomic E-state index is 0.138. The van der Waals surface area contributed by atoms with Crippen LogP contribution in [0.4, 0.5) is 0 Å². The molecule has 1 nitrogen and oxygen atoms in total. The van der Waals surface area contributed by atoms with E-state index < -0.39 is 0 Å². The van der Waals surface area contributed by atoms with Crippen molar-refractivity contribution in [3.05, 3.63) is 89.5 Å². The maximum absolute atomic E-state index is 6.28. The number of aryl methyl sites for hydroxylation is 1. The molecule has 0 radical (unpaired) electrons. The van der Waals surface area contributed by atoms with E-state index in [1.165, 1.54) is 22.3 Å². The molecule has 0 unspecified atom stereocenters. The van der Waals surface area contributed by atoms with Gasteiger partial charge in [-0.2, -0.15) is 0 Å². The van der Waals surface area contributed by atoms with E-state index in [1.54, 1.807) is 0 Å². The van der Waals surface area contributed by atoms with E-state index in [0.717, 1.165) is 17.1 Å². The van der Waals surface area contributed by atoms with Crippen molar-refractivity contribution in [3.63, 3.8) is 0 Å². The summed E-state index contributed by atoms with van der Waals surface area (Å²) in [6.45, 7) is 10.8. The van der Waals surface area contributed by atoms with Gasteiger partial charge in [0.15, 0.2) is 0 Å². The summed E-state index contributed by atoms with van der Waals surface area (Å²) in [5.41, 5.74) is 6.18. The molecule has 138 valence electrons. The van der Waals surface area contributed by atoms with Crippen LogP contribution in [-0.4, -0.2) is 0 Å². The number of hydrogen-bond acceptors (Lipinski definition) is 1. The Bertz CT molecular complexity index is 941. The summed E-state index contributed by atoms with van der Waals surface area (Å²) < 4.78 is 6.28. The fourth-order valence-corrected chi connectivity index (χ4v) is 3.15. The van der Waals surface area contributed by atoms with Gasteiger partial charge in [-0.15, -0.1) is 0 Å². The molecule has 0 heterocycles. The van der Waals surface area contributed by atoms with Crippen molar-refractivity contribution in [2.24, 2.45) is 0 Å². The smallest absolute Gasteiger partial charge is 0.135 e. The molecule has 0 aliphatic heterocycles. The Kier molecular flexibility index (Phi) is 5.51. The highest BCUT2D eigenvalue weighted by molar-refractivity contribution is 5.72. The van der Waals surface area contributed by atoms with Crippen LogP contribution in [0.1, 0.15) is 44.4 Å². The number of rotatable bonds is 4. The first-order valence-corrected chi connectivity index (χ1v) is 9.49. The Morgan fingerprint density at radius 1 is 0.852 bits per heavy atom. The molecule has 0 fully saturated rings. The largest absolute Gasteiger partial charge is 0.457 e. The molecule has 0 saturated heterocycles. The molecule has 0 aromatic heterocycles. The second-order valence-electron chi connectivity index (χ2n) is 7.94. The number of benzene rings is 3. The van der Waals surface area contributed by atoms with Gasteiger partial charge >= 0.3 is 0 Å². The van der Waals surface area contributed by atoms with Gasteiger partial charge in [-0.1, -0.05) is 81.5 Å². The minimum atomic E-state index is 0.138. The highest BCUT2D eigenvalue weighted by Crippen LogP contribution is 2.33. The molecule has 0 bridgehead atoms. The second-order valence-corrected chi connectivity index (χ2v) is 7.94. The SMILES string of the molecule is C/C=C/c1ccc(-c2ccccc2C)cc1Oc1ccc(C(C)(C)C)cc1. The van der Waals surface area contributed by atoms with Gasteiger partial charge in [0.1, 0.15) is 11.5 Å². The molecule has 3 aromatic rings. The first-order valence-electron chi connectivity index (χ1n) is 9.49. The average molecular weight is 357 g/mol. The molecule has 3 rings (SSSR count). The molecule has 0 N–H and O–H groups in total. The van der Waals surface area contributed by atoms with Crippen molar-refractivity contribution in [2.45, 2.75) is 40.0 Å². The van der Waals surface area contributed by atoms with Crippen LogP contribution in [0, 0.1) is 6.92 Å². The second kappa shape index (κ2) is 7.84. The summed E-state index contributed by atoms with van der Waals surface area (Å²) in [7, 11) is 0. The average Bonchev–Trinajstić information content (AvgIpc) is 2.63. The van der Waals surface area contributed by atoms with E-state index in [0.29, 0.717) is 0 Å². The lowest BCUT2D eigenvalue weighted by Gasteiger charge is -2.19. The molecule has 1 heteroatoms. The Morgan fingerprint density at radius 3 is 2.19 bits per heavy atom. The van der Waals surface area contributed by atoms with Crippen LogP contribution in [0.2, 0.25) is 0 Å². The highest BCUT2D eigenvalue weighted by atomic mass is 16.5. The van der Waals surface area contributed by atoms with E-state index >= 15 is 0 Å². The molecule has 0 aliphatic rings. The van der Waals surface area contributed by atoms with Gasteiger partial charge in [-0.25, -0.2) is 0 Å². The van der Waals surface area contributed by atoms with Gasteiger partial charge in [-0.05, 0) is 59.7 Å². The Morgan fingerprint density at radius 2 is 1.56 bits per heavy atom. The lowest BCUT2D eigenvalue weighted by atomic mass is 9.87.